The van der Waals surface area contributed by atoms with E-state index >= 15 is 0 Å². The Morgan fingerprint density at radius 2 is 1.92 bits per heavy atom. The van der Waals surface area contributed by atoms with Crippen molar-refractivity contribution in [2.24, 2.45) is 34.5 Å². The predicted octanol–water partition coefficient (Wildman–Crippen LogP) is 4.64. The first-order chi connectivity index (χ1) is 18.3. The zero-order valence-corrected chi connectivity index (χ0v) is 23.7. The van der Waals surface area contributed by atoms with E-state index in [0.717, 1.165) is 17.6 Å². The summed E-state index contributed by atoms with van der Waals surface area (Å²) in [6.45, 7) is 12.8. The molecule has 2 bridgehead atoms. The Morgan fingerprint density at radius 1 is 1.15 bits per heavy atom. The summed E-state index contributed by atoms with van der Waals surface area (Å²) in [6, 6.07) is 5.40. The normalized spacial score (nSPS) is 43.3. The predicted molar refractivity (Wildman–Crippen MR) is 143 cm³/mol. The lowest BCUT2D eigenvalue weighted by atomic mass is 9.58. The molecule has 2 heterocycles. The van der Waals surface area contributed by atoms with Crippen LogP contribution in [0.1, 0.15) is 48.0 Å². The minimum Gasteiger partial charge on any atom is -0.497 e. The minimum absolute atomic E-state index is 0.0308. The van der Waals surface area contributed by atoms with Crippen LogP contribution in [0.15, 0.2) is 46.0 Å². The van der Waals surface area contributed by atoms with Gasteiger partial charge in [0.15, 0.2) is 17.5 Å². The number of nitrogens with zero attached hydrogens (tertiary/aromatic N) is 1. The molecule has 0 amide bonds. The summed E-state index contributed by atoms with van der Waals surface area (Å²) >= 11 is 0. The molecule has 1 aliphatic heterocycles. The number of fused-ring (bicyclic) bond motifs is 6. The molecular weight excluding hydrogens is 498 g/mol. The molecule has 2 N–H and O–H groups in total. The van der Waals surface area contributed by atoms with Crippen LogP contribution in [0, 0.1) is 34.5 Å². The van der Waals surface area contributed by atoms with Crippen LogP contribution in [-0.4, -0.2) is 58.8 Å². The van der Waals surface area contributed by atoms with Crippen LogP contribution in [0.25, 0.3) is 11.0 Å². The Morgan fingerprint density at radius 3 is 2.67 bits per heavy atom. The van der Waals surface area contributed by atoms with Gasteiger partial charge in [-0.2, -0.15) is 0 Å². The third kappa shape index (κ3) is 3.17. The van der Waals surface area contributed by atoms with E-state index in [2.05, 4.69) is 38.1 Å². The fraction of sp³-hybridized carbons (Fsp3) is 0.645. The van der Waals surface area contributed by atoms with Crippen LogP contribution in [0.4, 0.5) is 0 Å². The molecule has 8 nitrogen and oxygen atoms in total. The van der Waals surface area contributed by atoms with Crippen molar-refractivity contribution in [1.29, 1.82) is 0 Å². The van der Waals surface area contributed by atoms with Crippen molar-refractivity contribution >= 4 is 11.0 Å². The largest absolute Gasteiger partial charge is 0.497 e. The van der Waals surface area contributed by atoms with Crippen LogP contribution in [0.5, 0.6) is 11.6 Å². The first kappa shape index (κ1) is 25.6. The number of aliphatic hydroxyl groups excluding tert-OH is 1. The van der Waals surface area contributed by atoms with Gasteiger partial charge in [0.2, 0.25) is 0 Å². The monoisotopic (exact) mass is 537 g/mol. The molecule has 7 rings (SSSR count). The standard InChI is InChI=1S/C31H39NO7/c1-15-13-30-16(2)10-21-23(28(21,3)4)20(24(30)33)11-17-14-36-29(5,6)38-26(17)31(30,34)25(15)37-27-19-12-18(35-7)8-9-22(19)39-32-27/h8-9,11-13,16,20-21,23-26,33-34H,10,14H2,1-7H3/t16-,20+,21-,23+,24?,25+,26-,30+,31-/m1/s1. The molecule has 1 aromatic heterocycles. The Balaban J connectivity index is 1.41. The van der Waals surface area contributed by atoms with Gasteiger partial charge in [-0.05, 0) is 84.9 Å². The number of rotatable bonds is 3. The fourth-order valence-corrected chi connectivity index (χ4v) is 8.83. The average molecular weight is 538 g/mol. The molecule has 0 radical (unpaired) electrons. The van der Waals surface area contributed by atoms with Gasteiger partial charge in [-0.25, -0.2) is 0 Å². The Bertz CT molecular complexity index is 1410. The van der Waals surface area contributed by atoms with E-state index in [4.69, 9.17) is 23.5 Å². The molecule has 1 aromatic carbocycles. The highest BCUT2D eigenvalue weighted by Crippen LogP contribution is 2.73. The number of aliphatic hydroxyl groups is 2. The first-order valence-corrected chi connectivity index (χ1v) is 14.1. The van der Waals surface area contributed by atoms with Gasteiger partial charge in [0.25, 0.3) is 5.88 Å². The van der Waals surface area contributed by atoms with Crippen molar-refractivity contribution in [3.8, 4) is 11.6 Å². The van der Waals surface area contributed by atoms with Crippen LogP contribution in [-0.2, 0) is 9.47 Å². The van der Waals surface area contributed by atoms with Gasteiger partial charge in [-0.3, -0.25) is 0 Å². The Hall–Kier alpha value is -2.39. The maximum absolute atomic E-state index is 13.3. The molecular formula is C31H39NO7. The summed E-state index contributed by atoms with van der Waals surface area (Å²) in [7, 11) is 1.60. The molecule has 1 unspecified atom stereocenters. The lowest BCUT2D eigenvalue weighted by Gasteiger charge is -2.55. The van der Waals surface area contributed by atoms with Gasteiger partial charge in [0, 0.05) is 5.92 Å². The van der Waals surface area contributed by atoms with E-state index in [1.54, 1.807) is 19.2 Å². The molecule has 39 heavy (non-hydrogen) atoms. The van der Waals surface area contributed by atoms with E-state index in [9.17, 15) is 10.2 Å². The van der Waals surface area contributed by atoms with E-state index in [0.29, 0.717) is 35.2 Å². The summed E-state index contributed by atoms with van der Waals surface area (Å²) in [4.78, 5) is 0. The second kappa shape index (κ2) is 7.87. The second-order valence-electron chi connectivity index (χ2n) is 13.5. The van der Waals surface area contributed by atoms with Crippen LogP contribution in [0.3, 0.4) is 0 Å². The molecule has 5 aliphatic rings. The van der Waals surface area contributed by atoms with Crippen molar-refractivity contribution in [2.75, 3.05) is 13.7 Å². The molecule has 1 spiro atoms. The summed E-state index contributed by atoms with van der Waals surface area (Å²) in [5.74, 6) is 0.622. The van der Waals surface area contributed by atoms with Crippen LogP contribution >= 0.6 is 0 Å². The molecule has 2 saturated carbocycles. The van der Waals surface area contributed by atoms with Crippen molar-refractivity contribution in [1.82, 2.24) is 5.16 Å². The number of hydrogen-bond donors (Lipinski definition) is 2. The molecule has 2 aromatic rings. The smallest absolute Gasteiger partial charge is 0.262 e. The molecule has 1 saturated heterocycles. The van der Waals surface area contributed by atoms with Gasteiger partial charge in [0.1, 0.15) is 17.5 Å². The Kier molecular flexibility index (Phi) is 5.16. The third-order valence-electron chi connectivity index (χ3n) is 10.8. The van der Waals surface area contributed by atoms with Gasteiger partial charge < -0.3 is 33.7 Å². The SMILES string of the molecule is COc1ccc2onc(O[C@H]3C(C)=C[C@]45C(O)[C@@H](C=C6COC(C)(C)O[C@H]6[C@]34O)[C@H]3[C@@H](C[C@H]5C)C3(C)C)c2c1. The van der Waals surface area contributed by atoms with E-state index in [1.165, 1.54) is 0 Å². The molecule has 9 atom stereocenters. The molecule has 210 valence electrons. The van der Waals surface area contributed by atoms with Crippen molar-refractivity contribution in [3.63, 3.8) is 0 Å². The maximum Gasteiger partial charge on any atom is 0.262 e. The summed E-state index contributed by atoms with van der Waals surface area (Å²) in [6.07, 6.45) is 2.75. The van der Waals surface area contributed by atoms with Crippen molar-refractivity contribution in [2.45, 2.75) is 77.7 Å². The minimum atomic E-state index is -1.62. The number of aromatic nitrogens is 1. The molecule has 8 heteroatoms. The second-order valence-corrected chi connectivity index (χ2v) is 13.5. The van der Waals surface area contributed by atoms with Crippen LogP contribution < -0.4 is 9.47 Å². The Labute approximate surface area is 228 Å². The van der Waals surface area contributed by atoms with Gasteiger partial charge in [-0.1, -0.05) is 32.9 Å². The van der Waals surface area contributed by atoms with Crippen LogP contribution in [0.2, 0.25) is 0 Å². The van der Waals surface area contributed by atoms with Gasteiger partial charge in [0.05, 0.1) is 30.6 Å². The number of ether oxygens (including phenoxy) is 4. The maximum atomic E-state index is 13.3. The highest BCUT2D eigenvalue weighted by atomic mass is 16.7. The van der Waals surface area contributed by atoms with Crippen molar-refractivity contribution in [3.05, 3.63) is 41.5 Å². The number of methoxy groups -OCH3 is 1. The highest BCUT2D eigenvalue weighted by Gasteiger charge is 2.77. The topological polar surface area (TPSA) is 103 Å². The number of benzene rings is 1. The summed E-state index contributed by atoms with van der Waals surface area (Å²) < 4.78 is 30.3. The van der Waals surface area contributed by atoms with E-state index < -0.39 is 35.1 Å². The van der Waals surface area contributed by atoms with Gasteiger partial charge >= 0.3 is 0 Å². The zero-order valence-electron chi connectivity index (χ0n) is 23.7. The quantitative estimate of drug-likeness (QED) is 0.546. The number of hydrogen-bond acceptors (Lipinski definition) is 8. The molecule has 4 aliphatic carbocycles. The molecule has 3 fully saturated rings. The van der Waals surface area contributed by atoms with Crippen molar-refractivity contribution < 1.29 is 33.7 Å². The lowest BCUT2D eigenvalue weighted by Crippen LogP contribution is -2.69. The fourth-order valence-electron chi connectivity index (χ4n) is 8.83. The first-order valence-electron chi connectivity index (χ1n) is 14.1. The summed E-state index contributed by atoms with van der Waals surface area (Å²) in [5.41, 5.74) is -0.237. The average Bonchev–Trinajstić information content (AvgIpc) is 3.16. The highest BCUT2D eigenvalue weighted by molar-refractivity contribution is 5.83. The summed E-state index contributed by atoms with van der Waals surface area (Å²) in [5, 5.41) is 30.6. The van der Waals surface area contributed by atoms with Gasteiger partial charge in [-0.15, -0.1) is 0 Å². The van der Waals surface area contributed by atoms with E-state index in [1.807, 2.05) is 26.8 Å². The lowest BCUT2D eigenvalue weighted by molar-refractivity contribution is -0.310. The third-order valence-corrected chi connectivity index (χ3v) is 10.8. The van der Waals surface area contributed by atoms with E-state index in [-0.39, 0.29) is 23.1 Å². The zero-order chi connectivity index (χ0) is 27.7.